The zero-order valence-corrected chi connectivity index (χ0v) is 14.2. The van der Waals surface area contributed by atoms with E-state index in [4.69, 9.17) is 15.2 Å². The van der Waals surface area contributed by atoms with Gasteiger partial charge < -0.3 is 15.2 Å². The molecule has 0 heterocycles. The van der Waals surface area contributed by atoms with Gasteiger partial charge in [-0.2, -0.15) is 0 Å². The van der Waals surface area contributed by atoms with Crippen LogP contribution in [-0.4, -0.2) is 20.3 Å². The molecule has 0 bridgehead atoms. The first kappa shape index (κ1) is 18.3. The first-order valence-corrected chi connectivity index (χ1v) is 7.17. The molecule has 2 aromatic carbocycles. The Hall–Kier alpha value is -1.71. The van der Waals surface area contributed by atoms with E-state index in [1.807, 2.05) is 31.2 Å². The Kier molecular flexibility index (Phi) is 7.22. The lowest BCUT2D eigenvalue weighted by atomic mass is 9.99. The van der Waals surface area contributed by atoms with E-state index in [2.05, 4.69) is 18.2 Å². The van der Waals surface area contributed by atoms with Crippen LogP contribution in [0.5, 0.6) is 11.5 Å². The largest absolute Gasteiger partial charge is 0.496 e. The fourth-order valence-corrected chi connectivity index (χ4v) is 2.48. The molecule has 2 aromatic rings. The second-order valence-electron chi connectivity index (χ2n) is 5.32. The molecule has 0 spiro atoms. The molecule has 0 unspecified atom stereocenters. The van der Waals surface area contributed by atoms with E-state index in [1.54, 1.807) is 14.2 Å². The zero-order chi connectivity index (χ0) is 15.2. The number of methoxy groups -OCH3 is 2. The summed E-state index contributed by atoms with van der Waals surface area (Å²) in [6.07, 6.45) is 1.59. The molecule has 0 saturated heterocycles. The minimum Gasteiger partial charge on any atom is -0.496 e. The Morgan fingerprint density at radius 3 is 2.05 bits per heavy atom. The predicted octanol–water partition coefficient (Wildman–Crippen LogP) is 3.61. The van der Waals surface area contributed by atoms with Crippen LogP contribution in [-0.2, 0) is 12.8 Å². The molecule has 0 fully saturated rings. The number of halogens is 1. The minimum absolute atomic E-state index is 0. The van der Waals surface area contributed by atoms with Crippen LogP contribution in [0.15, 0.2) is 42.5 Å². The molecule has 2 N–H and O–H groups in total. The Balaban J connectivity index is 0.00000242. The van der Waals surface area contributed by atoms with Gasteiger partial charge in [-0.05, 0) is 36.6 Å². The van der Waals surface area contributed by atoms with Gasteiger partial charge in [0.15, 0.2) is 0 Å². The van der Waals surface area contributed by atoms with Crippen molar-refractivity contribution in [1.82, 2.24) is 0 Å². The number of ether oxygens (including phenoxy) is 2. The topological polar surface area (TPSA) is 44.5 Å². The third-order valence-corrected chi connectivity index (χ3v) is 3.46. The molecule has 0 saturated carbocycles. The third kappa shape index (κ3) is 4.65. The fraction of sp³-hybridized carbons (Fsp3) is 0.333. The van der Waals surface area contributed by atoms with Crippen LogP contribution in [0, 0.1) is 0 Å². The smallest absolute Gasteiger partial charge is 0.122 e. The van der Waals surface area contributed by atoms with Gasteiger partial charge in [0.1, 0.15) is 11.5 Å². The molecule has 0 aliphatic rings. The van der Waals surface area contributed by atoms with E-state index in [0.29, 0.717) is 0 Å². The Labute approximate surface area is 138 Å². The molecular weight excluding hydrogens is 298 g/mol. The van der Waals surface area contributed by atoms with Crippen molar-refractivity contribution in [2.24, 2.45) is 5.73 Å². The first-order valence-electron chi connectivity index (χ1n) is 7.17. The summed E-state index contributed by atoms with van der Waals surface area (Å²) in [5, 5.41) is 0. The van der Waals surface area contributed by atoms with Gasteiger partial charge in [0.25, 0.3) is 0 Å². The molecule has 0 aliphatic carbocycles. The van der Waals surface area contributed by atoms with E-state index in [-0.39, 0.29) is 18.4 Å². The molecular formula is C18H24ClNO2. The Morgan fingerprint density at radius 2 is 1.50 bits per heavy atom. The summed E-state index contributed by atoms with van der Waals surface area (Å²) in [6.45, 7) is 1.99. The van der Waals surface area contributed by atoms with E-state index >= 15 is 0 Å². The average molecular weight is 322 g/mol. The maximum absolute atomic E-state index is 5.90. The van der Waals surface area contributed by atoms with Crippen molar-refractivity contribution in [3.8, 4) is 11.5 Å². The normalized spacial score (nSPS) is 11.5. The number of hydrogen-bond acceptors (Lipinski definition) is 3. The molecule has 3 nitrogen and oxygen atoms in total. The van der Waals surface area contributed by atoms with Crippen LogP contribution in [0.25, 0.3) is 0 Å². The number of hydrogen-bond donors (Lipinski definition) is 1. The highest BCUT2D eigenvalue weighted by Crippen LogP contribution is 2.31. The van der Waals surface area contributed by atoms with Crippen LogP contribution < -0.4 is 15.2 Å². The summed E-state index contributed by atoms with van der Waals surface area (Å²) in [6, 6.07) is 14.5. The van der Waals surface area contributed by atoms with Gasteiger partial charge in [-0.15, -0.1) is 12.4 Å². The third-order valence-electron chi connectivity index (χ3n) is 3.46. The lowest BCUT2D eigenvalue weighted by Crippen LogP contribution is -2.18. The lowest BCUT2D eigenvalue weighted by molar-refractivity contribution is 0.394. The molecule has 2 rings (SSSR count). The Bertz CT molecular complexity index is 585. The summed E-state index contributed by atoms with van der Waals surface area (Å²) >= 11 is 0. The highest BCUT2D eigenvalue weighted by molar-refractivity contribution is 5.85. The lowest BCUT2D eigenvalue weighted by Gasteiger charge is -2.16. The van der Waals surface area contributed by atoms with Crippen molar-refractivity contribution in [2.45, 2.75) is 25.8 Å². The molecule has 120 valence electrons. The van der Waals surface area contributed by atoms with Crippen LogP contribution in [0.4, 0.5) is 0 Å². The summed E-state index contributed by atoms with van der Waals surface area (Å²) in [4.78, 5) is 0. The van der Waals surface area contributed by atoms with Crippen molar-refractivity contribution in [3.63, 3.8) is 0 Å². The second-order valence-corrected chi connectivity index (χ2v) is 5.32. The maximum Gasteiger partial charge on any atom is 0.122 e. The quantitative estimate of drug-likeness (QED) is 0.884. The highest BCUT2D eigenvalue weighted by atomic mass is 35.5. The molecule has 22 heavy (non-hydrogen) atoms. The van der Waals surface area contributed by atoms with Crippen molar-refractivity contribution in [1.29, 1.82) is 0 Å². The molecule has 0 amide bonds. The van der Waals surface area contributed by atoms with Crippen molar-refractivity contribution in [2.75, 3.05) is 14.2 Å². The number of benzene rings is 2. The van der Waals surface area contributed by atoms with Crippen molar-refractivity contribution >= 4 is 12.4 Å². The minimum atomic E-state index is 0. The summed E-state index contributed by atoms with van der Waals surface area (Å²) in [7, 11) is 3.39. The van der Waals surface area contributed by atoms with E-state index in [0.717, 1.165) is 35.5 Å². The van der Waals surface area contributed by atoms with Gasteiger partial charge >= 0.3 is 0 Å². The van der Waals surface area contributed by atoms with Crippen molar-refractivity contribution < 1.29 is 9.47 Å². The zero-order valence-electron chi connectivity index (χ0n) is 13.3. The molecule has 0 radical (unpaired) electrons. The molecule has 0 aromatic heterocycles. The van der Waals surface area contributed by atoms with Gasteiger partial charge in [-0.3, -0.25) is 0 Å². The monoisotopic (exact) mass is 321 g/mol. The second kappa shape index (κ2) is 8.66. The van der Waals surface area contributed by atoms with E-state index in [1.165, 1.54) is 5.56 Å². The van der Waals surface area contributed by atoms with Gasteiger partial charge in [-0.1, -0.05) is 30.3 Å². The standard InChI is InChI=1S/C18H23NO2.ClH/c1-13(19)9-15-11-18(21-3)16(12-17(15)20-2)10-14-7-5-4-6-8-14;/h4-8,11-13H,9-10,19H2,1-3H3;1H/t13-;/m1./s1. The summed E-state index contributed by atoms with van der Waals surface area (Å²) in [5.41, 5.74) is 9.36. The van der Waals surface area contributed by atoms with Crippen molar-refractivity contribution in [3.05, 3.63) is 59.2 Å². The van der Waals surface area contributed by atoms with Gasteiger partial charge in [0.05, 0.1) is 14.2 Å². The predicted molar refractivity (Wildman–Crippen MR) is 93.4 cm³/mol. The summed E-state index contributed by atoms with van der Waals surface area (Å²) in [5.74, 6) is 1.76. The Morgan fingerprint density at radius 1 is 0.955 bits per heavy atom. The molecule has 4 heteroatoms. The van der Waals surface area contributed by atoms with Gasteiger partial charge in [0, 0.05) is 18.0 Å². The first-order chi connectivity index (χ1) is 10.1. The SMILES string of the molecule is COc1cc(C[C@@H](C)N)c(OC)cc1Cc1ccccc1.Cl. The van der Waals surface area contributed by atoms with Gasteiger partial charge in [0.2, 0.25) is 0 Å². The van der Waals surface area contributed by atoms with E-state index < -0.39 is 0 Å². The van der Waals surface area contributed by atoms with Crippen LogP contribution in [0.2, 0.25) is 0 Å². The van der Waals surface area contributed by atoms with E-state index in [9.17, 15) is 0 Å². The van der Waals surface area contributed by atoms with Crippen LogP contribution in [0.3, 0.4) is 0 Å². The fourth-order valence-electron chi connectivity index (χ4n) is 2.48. The molecule has 1 atom stereocenters. The van der Waals surface area contributed by atoms with Crippen LogP contribution >= 0.6 is 12.4 Å². The number of rotatable bonds is 6. The van der Waals surface area contributed by atoms with Crippen LogP contribution in [0.1, 0.15) is 23.6 Å². The van der Waals surface area contributed by atoms with Gasteiger partial charge in [-0.25, -0.2) is 0 Å². The maximum atomic E-state index is 5.90. The highest BCUT2D eigenvalue weighted by Gasteiger charge is 2.13. The average Bonchev–Trinajstić information content (AvgIpc) is 2.48. The number of nitrogens with two attached hydrogens (primary N) is 1. The molecule has 0 aliphatic heterocycles. The summed E-state index contributed by atoms with van der Waals surface area (Å²) < 4.78 is 11.1.